The molecule has 0 aliphatic heterocycles. The molecule has 7 heteroatoms. The molecule has 3 nitrogen and oxygen atoms in total. The quantitative estimate of drug-likeness (QED) is 0.755. The second kappa shape index (κ2) is 6.65. The number of Topliss-reactive ketones (excluding diaryl/α,β-unsaturated/α-hetero) is 1. The van der Waals surface area contributed by atoms with Crippen LogP contribution in [0.1, 0.15) is 12.5 Å². The summed E-state index contributed by atoms with van der Waals surface area (Å²) in [5.41, 5.74) is 0.474. The number of hydrogen-bond donors (Lipinski definition) is 0. The van der Waals surface area contributed by atoms with Gasteiger partial charge < -0.3 is 9.47 Å². The van der Waals surface area contributed by atoms with E-state index in [1.54, 1.807) is 6.92 Å². The molecule has 0 aromatic heterocycles. The molecule has 0 unspecified atom stereocenters. The van der Waals surface area contributed by atoms with E-state index < -0.39 is 12.1 Å². The van der Waals surface area contributed by atoms with E-state index >= 15 is 0 Å². The van der Waals surface area contributed by atoms with Crippen molar-refractivity contribution in [1.29, 1.82) is 0 Å². The Bertz CT molecular complexity index is 446. The zero-order chi connectivity index (χ0) is 14.5. The topological polar surface area (TPSA) is 35.5 Å². The first kappa shape index (κ1) is 15.6. The second-order valence-electron chi connectivity index (χ2n) is 3.60. The van der Waals surface area contributed by atoms with E-state index in [9.17, 15) is 18.0 Å². The second-order valence-corrected chi connectivity index (χ2v) is 3.87. The number of carbonyl (C=O) groups is 1. The van der Waals surface area contributed by atoms with Crippen molar-refractivity contribution in [3.8, 4) is 11.5 Å². The number of hydrogen-bond acceptors (Lipinski definition) is 3. The van der Waals surface area contributed by atoms with Gasteiger partial charge in [0.2, 0.25) is 0 Å². The molecule has 1 aromatic rings. The Kier molecular flexibility index (Phi) is 5.47. The highest BCUT2D eigenvalue weighted by molar-refractivity contribution is 6.27. The fourth-order valence-corrected chi connectivity index (χ4v) is 1.52. The minimum absolute atomic E-state index is 0.00509. The first-order chi connectivity index (χ1) is 8.85. The highest BCUT2D eigenvalue weighted by atomic mass is 35.5. The molecule has 0 amide bonds. The zero-order valence-corrected chi connectivity index (χ0v) is 10.8. The molecule has 0 N–H and O–H groups in total. The predicted octanol–water partition coefficient (Wildman–Crippen LogP) is 3.33. The van der Waals surface area contributed by atoms with Gasteiger partial charge in [0.25, 0.3) is 0 Å². The minimum atomic E-state index is -4.77. The van der Waals surface area contributed by atoms with Crippen molar-refractivity contribution in [2.45, 2.75) is 19.7 Å². The van der Waals surface area contributed by atoms with Crippen molar-refractivity contribution >= 4 is 17.4 Å². The molecular weight excluding hydrogens is 285 g/mol. The van der Waals surface area contributed by atoms with Crippen molar-refractivity contribution in [1.82, 2.24) is 0 Å². The maximum atomic E-state index is 12.1. The third kappa shape index (κ3) is 5.38. The van der Waals surface area contributed by atoms with Crippen molar-refractivity contribution in [3.05, 3.63) is 23.8 Å². The lowest BCUT2D eigenvalue weighted by molar-refractivity contribution is -0.274. The van der Waals surface area contributed by atoms with Gasteiger partial charge in [0, 0.05) is 18.1 Å². The molecule has 0 aliphatic rings. The van der Waals surface area contributed by atoms with Crippen LogP contribution in [0.5, 0.6) is 11.5 Å². The molecule has 106 valence electrons. The van der Waals surface area contributed by atoms with Gasteiger partial charge in [0.15, 0.2) is 5.78 Å². The van der Waals surface area contributed by atoms with Crippen LogP contribution in [0.2, 0.25) is 0 Å². The van der Waals surface area contributed by atoms with Crippen LogP contribution in [0.3, 0.4) is 0 Å². The summed E-state index contributed by atoms with van der Waals surface area (Å²) in [4.78, 5) is 11.3. The fourth-order valence-electron chi connectivity index (χ4n) is 1.43. The van der Waals surface area contributed by atoms with Crippen LogP contribution in [0.25, 0.3) is 0 Å². The Labute approximate surface area is 113 Å². The molecule has 19 heavy (non-hydrogen) atoms. The monoisotopic (exact) mass is 296 g/mol. The van der Waals surface area contributed by atoms with E-state index in [1.165, 1.54) is 6.07 Å². The molecule has 0 heterocycles. The molecule has 0 aliphatic carbocycles. The van der Waals surface area contributed by atoms with Gasteiger partial charge in [-0.25, -0.2) is 0 Å². The summed E-state index contributed by atoms with van der Waals surface area (Å²) in [6.45, 7) is 1.95. The zero-order valence-electron chi connectivity index (χ0n) is 10.1. The number of rotatable bonds is 6. The van der Waals surface area contributed by atoms with E-state index in [0.717, 1.165) is 12.1 Å². The van der Waals surface area contributed by atoms with Gasteiger partial charge in [-0.2, -0.15) is 0 Å². The summed E-state index contributed by atoms with van der Waals surface area (Å²) in [5.74, 6) is -0.611. The van der Waals surface area contributed by atoms with E-state index in [2.05, 4.69) is 4.74 Å². The highest BCUT2D eigenvalue weighted by Crippen LogP contribution is 2.29. The van der Waals surface area contributed by atoms with Gasteiger partial charge >= 0.3 is 6.36 Å². The van der Waals surface area contributed by atoms with Crippen molar-refractivity contribution in [2.75, 3.05) is 12.5 Å². The van der Waals surface area contributed by atoms with Crippen LogP contribution in [-0.2, 0) is 11.2 Å². The largest absolute Gasteiger partial charge is 0.573 e. The number of alkyl halides is 4. The van der Waals surface area contributed by atoms with Crippen LogP contribution in [0.15, 0.2) is 18.2 Å². The van der Waals surface area contributed by atoms with Crippen LogP contribution >= 0.6 is 11.6 Å². The molecule has 0 atom stereocenters. The Balaban J connectivity index is 2.97. The van der Waals surface area contributed by atoms with Gasteiger partial charge in [-0.05, 0) is 13.0 Å². The lowest BCUT2D eigenvalue weighted by Crippen LogP contribution is -2.17. The van der Waals surface area contributed by atoms with Crippen molar-refractivity contribution in [2.24, 2.45) is 0 Å². The Hall–Kier alpha value is -1.43. The fraction of sp³-hybridized carbons (Fsp3) is 0.417. The summed E-state index contributed by atoms with van der Waals surface area (Å²) < 4.78 is 45.2. The summed E-state index contributed by atoms with van der Waals surface area (Å²) in [6, 6.07) is 3.59. The van der Waals surface area contributed by atoms with Crippen LogP contribution < -0.4 is 9.47 Å². The minimum Gasteiger partial charge on any atom is -0.493 e. The molecule has 0 spiro atoms. The number of benzene rings is 1. The van der Waals surface area contributed by atoms with Gasteiger partial charge in [0.05, 0.1) is 12.5 Å². The Morgan fingerprint density at radius 3 is 2.58 bits per heavy atom. The maximum absolute atomic E-state index is 12.1. The number of carbonyl (C=O) groups excluding carboxylic acids is 1. The van der Waals surface area contributed by atoms with Crippen molar-refractivity contribution in [3.63, 3.8) is 0 Å². The first-order valence-electron chi connectivity index (χ1n) is 5.45. The lowest BCUT2D eigenvalue weighted by Gasteiger charge is -2.13. The average Bonchev–Trinajstić information content (AvgIpc) is 2.30. The van der Waals surface area contributed by atoms with E-state index in [4.69, 9.17) is 16.3 Å². The third-order valence-corrected chi connectivity index (χ3v) is 2.41. The maximum Gasteiger partial charge on any atom is 0.573 e. The van der Waals surface area contributed by atoms with Gasteiger partial charge in [-0.15, -0.1) is 24.8 Å². The van der Waals surface area contributed by atoms with Gasteiger partial charge in [-0.3, -0.25) is 4.79 Å². The molecule has 0 saturated carbocycles. The third-order valence-electron chi connectivity index (χ3n) is 2.11. The summed E-state index contributed by atoms with van der Waals surface area (Å²) in [6.07, 6.45) is -4.76. The highest BCUT2D eigenvalue weighted by Gasteiger charge is 2.31. The summed E-state index contributed by atoms with van der Waals surface area (Å²) in [7, 11) is 0. The molecule has 0 radical (unpaired) electrons. The average molecular weight is 297 g/mol. The number of ketones is 1. The van der Waals surface area contributed by atoms with Crippen molar-refractivity contribution < 1.29 is 27.4 Å². The SMILES string of the molecule is CCOc1cc(OC(F)(F)F)ccc1CC(=O)CCl. The predicted molar refractivity (Wildman–Crippen MR) is 63.7 cm³/mol. The van der Waals surface area contributed by atoms with Gasteiger partial charge in [0.1, 0.15) is 11.5 Å². The molecule has 1 aromatic carbocycles. The van der Waals surface area contributed by atoms with Crippen LogP contribution in [0, 0.1) is 0 Å². The molecule has 1 rings (SSSR count). The smallest absolute Gasteiger partial charge is 0.493 e. The normalized spacial score (nSPS) is 11.2. The summed E-state index contributed by atoms with van der Waals surface area (Å²) in [5, 5.41) is 0. The first-order valence-corrected chi connectivity index (χ1v) is 5.98. The molecule has 0 fully saturated rings. The lowest BCUT2D eigenvalue weighted by atomic mass is 10.1. The van der Waals surface area contributed by atoms with E-state index in [-0.39, 0.29) is 30.4 Å². The number of halogens is 4. The van der Waals surface area contributed by atoms with Gasteiger partial charge in [-0.1, -0.05) is 6.07 Å². The Morgan fingerprint density at radius 2 is 2.05 bits per heavy atom. The van der Waals surface area contributed by atoms with Crippen LogP contribution in [0.4, 0.5) is 13.2 Å². The standard InChI is InChI=1S/C12H12ClF3O3/c1-2-18-11-6-10(19-12(14,15)16)4-3-8(11)5-9(17)7-13/h3-4,6H,2,5,7H2,1H3. The Morgan fingerprint density at radius 1 is 1.37 bits per heavy atom. The van der Waals surface area contributed by atoms with E-state index in [1.807, 2.05) is 0 Å². The molecular formula is C12H12ClF3O3. The molecule has 0 bridgehead atoms. The van der Waals surface area contributed by atoms with Crippen LogP contribution in [-0.4, -0.2) is 24.6 Å². The number of ether oxygens (including phenoxy) is 2. The van der Waals surface area contributed by atoms with E-state index in [0.29, 0.717) is 5.56 Å². The summed E-state index contributed by atoms with van der Waals surface area (Å²) >= 11 is 5.39. The molecule has 0 saturated heterocycles.